The van der Waals surface area contributed by atoms with Crippen LogP contribution in [-0.2, 0) is 11.3 Å². The van der Waals surface area contributed by atoms with E-state index in [1.54, 1.807) is 19.3 Å². The minimum Gasteiger partial charge on any atom is -0.486 e. The zero-order chi connectivity index (χ0) is 26.6. The van der Waals surface area contributed by atoms with E-state index in [1.807, 2.05) is 36.1 Å². The van der Waals surface area contributed by atoms with E-state index in [9.17, 15) is 4.79 Å². The highest BCUT2D eigenvalue weighted by Crippen LogP contribution is 2.33. The molecule has 38 heavy (non-hydrogen) atoms. The van der Waals surface area contributed by atoms with Crippen molar-refractivity contribution in [1.82, 2.24) is 25.0 Å². The highest BCUT2D eigenvalue weighted by Gasteiger charge is 2.19. The Hall–Kier alpha value is -3.39. The second-order valence-electron chi connectivity index (χ2n) is 9.45. The molecule has 1 aliphatic heterocycles. The number of nitrogens with zero attached hydrogens (tertiary/aromatic N) is 4. The first-order valence-electron chi connectivity index (χ1n) is 12.6. The number of pyridine rings is 1. The largest absolute Gasteiger partial charge is 0.486 e. The molecule has 1 saturated heterocycles. The number of aromatic amines is 1. The average Bonchev–Trinajstić information content (AvgIpc) is 3.31. The number of aromatic nitrogens is 3. The second kappa shape index (κ2) is 11.6. The number of rotatable bonds is 7. The molecule has 196 valence electrons. The van der Waals surface area contributed by atoms with Gasteiger partial charge < -0.3 is 9.64 Å². The van der Waals surface area contributed by atoms with Crippen molar-refractivity contribution in [1.29, 1.82) is 0 Å². The number of fused-ring (bicyclic) bond motifs is 1. The van der Waals surface area contributed by atoms with E-state index in [-0.39, 0.29) is 12.0 Å². The van der Waals surface area contributed by atoms with E-state index >= 15 is 0 Å². The van der Waals surface area contributed by atoms with Crippen molar-refractivity contribution in [3.8, 4) is 5.75 Å². The third kappa shape index (κ3) is 6.01. The fourth-order valence-electron chi connectivity index (χ4n) is 4.67. The Morgan fingerprint density at radius 2 is 1.76 bits per heavy atom. The zero-order valence-corrected chi connectivity index (χ0v) is 22.8. The van der Waals surface area contributed by atoms with Crippen molar-refractivity contribution in [3.05, 3.63) is 87.3 Å². The van der Waals surface area contributed by atoms with Crippen LogP contribution in [0.4, 0.5) is 0 Å². The van der Waals surface area contributed by atoms with Crippen molar-refractivity contribution < 1.29 is 9.53 Å². The smallest absolute Gasteiger partial charge is 0.219 e. The van der Waals surface area contributed by atoms with Crippen LogP contribution in [0.15, 0.2) is 54.9 Å². The minimum atomic E-state index is -0.349. The van der Waals surface area contributed by atoms with Crippen LogP contribution >= 0.6 is 23.2 Å². The van der Waals surface area contributed by atoms with Gasteiger partial charge in [0.25, 0.3) is 0 Å². The number of carbonyl (C=O) groups excluding carboxylic acids is 1. The second-order valence-corrected chi connectivity index (χ2v) is 10.3. The molecule has 2 aromatic carbocycles. The number of hydrogen-bond acceptors (Lipinski definition) is 5. The molecular formula is C29H29Cl2N5O2. The molecule has 4 aromatic rings. The molecule has 1 atom stereocenters. The molecule has 1 N–H and O–H groups in total. The summed E-state index contributed by atoms with van der Waals surface area (Å²) in [7, 11) is 0. The molecule has 0 bridgehead atoms. The Balaban J connectivity index is 1.24. The molecule has 1 fully saturated rings. The van der Waals surface area contributed by atoms with Gasteiger partial charge in [0, 0.05) is 63.0 Å². The summed E-state index contributed by atoms with van der Waals surface area (Å²) in [6.07, 6.45) is 6.83. The molecule has 3 heterocycles. The van der Waals surface area contributed by atoms with Crippen LogP contribution in [0.2, 0.25) is 10.0 Å². The lowest BCUT2D eigenvalue weighted by molar-refractivity contribution is -0.130. The molecule has 0 radical (unpaired) electrons. The summed E-state index contributed by atoms with van der Waals surface area (Å²) in [4.78, 5) is 19.8. The van der Waals surface area contributed by atoms with Crippen LogP contribution in [0.25, 0.3) is 23.1 Å². The Morgan fingerprint density at radius 1 is 1.05 bits per heavy atom. The number of ether oxygens (including phenoxy) is 1. The summed E-state index contributed by atoms with van der Waals surface area (Å²) >= 11 is 12.6. The van der Waals surface area contributed by atoms with Gasteiger partial charge >= 0.3 is 0 Å². The van der Waals surface area contributed by atoms with Crippen LogP contribution in [0.3, 0.4) is 0 Å². The minimum absolute atomic E-state index is 0.156. The van der Waals surface area contributed by atoms with Gasteiger partial charge in [-0.3, -0.25) is 19.8 Å². The van der Waals surface area contributed by atoms with Crippen LogP contribution < -0.4 is 4.74 Å². The Morgan fingerprint density at radius 3 is 2.45 bits per heavy atom. The van der Waals surface area contributed by atoms with Gasteiger partial charge in [-0.15, -0.1) is 0 Å². The number of carbonyl (C=O) groups is 1. The summed E-state index contributed by atoms with van der Waals surface area (Å²) in [6, 6.07) is 14.3. The van der Waals surface area contributed by atoms with Gasteiger partial charge in [-0.25, -0.2) is 0 Å². The highest BCUT2D eigenvalue weighted by molar-refractivity contribution is 6.35. The fourth-order valence-corrected chi connectivity index (χ4v) is 5.35. The molecule has 1 amide bonds. The zero-order valence-electron chi connectivity index (χ0n) is 21.3. The number of halogens is 2. The van der Waals surface area contributed by atoms with E-state index < -0.39 is 0 Å². The molecular weight excluding hydrogens is 521 g/mol. The molecule has 0 saturated carbocycles. The van der Waals surface area contributed by atoms with Crippen molar-refractivity contribution in [2.24, 2.45) is 0 Å². The summed E-state index contributed by atoms with van der Waals surface area (Å²) in [6.45, 7) is 7.83. The van der Waals surface area contributed by atoms with E-state index in [4.69, 9.17) is 27.9 Å². The van der Waals surface area contributed by atoms with Crippen LogP contribution in [0.5, 0.6) is 5.75 Å². The molecule has 2 aromatic heterocycles. The quantitative estimate of drug-likeness (QED) is 0.295. The van der Waals surface area contributed by atoms with E-state index in [2.05, 4.69) is 50.4 Å². The fraction of sp³-hybridized carbons (Fsp3) is 0.276. The molecule has 5 rings (SSSR count). The Kier molecular flexibility index (Phi) is 7.98. The number of benzene rings is 2. The average molecular weight is 550 g/mol. The van der Waals surface area contributed by atoms with E-state index in [1.165, 1.54) is 5.56 Å². The molecule has 7 nitrogen and oxygen atoms in total. The summed E-state index contributed by atoms with van der Waals surface area (Å²) in [5.74, 6) is 0.849. The van der Waals surface area contributed by atoms with Gasteiger partial charge in [0.2, 0.25) is 5.91 Å². The topological polar surface area (TPSA) is 74.4 Å². The molecule has 0 aliphatic carbocycles. The van der Waals surface area contributed by atoms with Crippen LogP contribution in [0, 0.1) is 0 Å². The highest BCUT2D eigenvalue weighted by atomic mass is 35.5. The lowest BCUT2D eigenvalue weighted by atomic mass is 10.1. The number of piperazine rings is 1. The maximum Gasteiger partial charge on any atom is 0.219 e. The van der Waals surface area contributed by atoms with Gasteiger partial charge in [0.05, 0.1) is 21.3 Å². The Labute approximate surface area is 232 Å². The number of amides is 1. The van der Waals surface area contributed by atoms with Crippen molar-refractivity contribution in [2.75, 3.05) is 26.2 Å². The summed E-state index contributed by atoms with van der Waals surface area (Å²) < 4.78 is 6.16. The lowest BCUT2D eigenvalue weighted by Crippen LogP contribution is -2.47. The third-order valence-corrected chi connectivity index (χ3v) is 7.41. The standard InChI is InChI=1S/C29H29Cl2N5O2/c1-19(29-25(30)16-32-17-26(29)31)38-23-8-10-28-24(15-23)27(33-34-28)9-7-21-3-5-22(6-4-21)18-35-11-13-36(14-12-35)20(2)37/h3-10,15-17,19H,11-14,18H2,1-2H3,(H,33,34)/b9-7+. The van der Waals surface area contributed by atoms with Gasteiger partial charge in [0.15, 0.2) is 0 Å². The molecule has 9 heteroatoms. The first kappa shape index (κ1) is 26.2. The number of nitrogens with one attached hydrogen (secondary N) is 1. The van der Waals surface area contributed by atoms with E-state index in [0.717, 1.165) is 54.9 Å². The van der Waals surface area contributed by atoms with Crippen LogP contribution in [0.1, 0.15) is 42.3 Å². The van der Waals surface area contributed by atoms with Crippen molar-refractivity contribution in [2.45, 2.75) is 26.5 Å². The number of H-pyrrole nitrogens is 1. The summed E-state index contributed by atoms with van der Waals surface area (Å²) in [5, 5.41) is 9.46. The van der Waals surface area contributed by atoms with Gasteiger partial charge in [-0.05, 0) is 42.3 Å². The third-order valence-electron chi connectivity index (χ3n) is 6.81. The van der Waals surface area contributed by atoms with Gasteiger partial charge in [-0.2, -0.15) is 5.10 Å². The first-order valence-corrected chi connectivity index (χ1v) is 13.3. The molecule has 1 aliphatic rings. The maximum absolute atomic E-state index is 11.5. The van der Waals surface area contributed by atoms with Gasteiger partial charge in [-0.1, -0.05) is 53.5 Å². The van der Waals surface area contributed by atoms with Crippen molar-refractivity contribution in [3.63, 3.8) is 0 Å². The Bertz CT molecular complexity index is 1440. The predicted molar refractivity (Wildman–Crippen MR) is 152 cm³/mol. The van der Waals surface area contributed by atoms with E-state index in [0.29, 0.717) is 21.4 Å². The SMILES string of the molecule is CC(=O)N1CCN(Cc2ccc(/C=C/c3n[nH]c4ccc(OC(C)c5c(Cl)cncc5Cl)cc34)cc2)CC1. The molecule has 1 unspecified atom stereocenters. The van der Waals surface area contributed by atoms with Crippen molar-refractivity contribution >= 4 is 52.2 Å². The normalized spacial score (nSPS) is 15.3. The molecule has 0 spiro atoms. The summed E-state index contributed by atoms with van der Waals surface area (Å²) in [5.41, 5.74) is 4.80. The van der Waals surface area contributed by atoms with Gasteiger partial charge in [0.1, 0.15) is 11.9 Å². The lowest BCUT2D eigenvalue weighted by Gasteiger charge is -2.34. The maximum atomic E-state index is 11.5. The first-order chi connectivity index (χ1) is 18.4. The van der Waals surface area contributed by atoms with Crippen LogP contribution in [-0.4, -0.2) is 57.1 Å². The number of hydrogen-bond donors (Lipinski definition) is 1. The monoisotopic (exact) mass is 549 g/mol. The predicted octanol–water partition coefficient (Wildman–Crippen LogP) is 6.24.